The highest BCUT2D eigenvalue weighted by Crippen LogP contribution is 2.42. The highest BCUT2D eigenvalue weighted by molar-refractivity contribution is 6.16. The fourth-order valence-corrected chi connectivity index (χ4v) is 7.12. The molecule has 0 spiro atoms. The van der Waals surface area contributed by atoms with Crippen molar-refractivity contribution in [2.75, 3.05) is 0 Å². The number of para-hydroxylation sites is 3. The Hall–Kier alpha value is -5.08. The Morgan fingerprint density at radius 3 is 1.61 bits per heavy atom. The van der Waals surface area contributed by atoms with E-state index < -0.39 is 0 Å². The first-order valence-electron chi connectivity index (χ1n) is 16.4. The van der Waals surface area contributed by atoms with Crippen molar-refractivity contribution in [3.8, 4) is 22.5 Å². The van der Waals surface area contributed by atoms with Gasteiger partial charge in [-0.25, -0.2) is 0 Å². The topological polar surface area (TPSA) is 9.86 Å². The van der Waals surface area contributed by atoms with Crippen LogP contribution in [0.3, 0.4) is 0 Å². The lowest BCUT2D eigenvalue weighted by molar-refractivity contribution is 0.591. The molecule has 8 aromatic rings. The van der Waals surface area contributed by atoms with Gasteiger partial charge in [-0.05, 0) is 93.7 Å². The number of hydrogen-bond donors (Lipinski definition) is 0. The number of hydrogen-bond acceptors (Lipinski definition) is 0. The second-order valence-electron chi connectivity index (χ2n) is 14.7. The molecule has 0 radical (unpaired) electrons. The van der Waals surface area contributed by atoms with Crippen LogP contribution in [-0.4, -0.2) is 9.13 Å². The van der Waals surface area contributed by atoms with Crippen LogP contribution in [-0.2, 0) is 10.8 Å². The predicted molar refractivity (Wildman–Crippen MR) is 198 cm³/mol. The quantitative estimate of drug-likeness (QED) is 0.192. The van der Waals surface area contributed by atoms with Crippen LogP contribution < -0.4 is 0 Å². The van der Waals surface area contributed by atoms with Crippen molar-refractivity contribution in [1.82, 2.24) is 9.13 Å². The van der Waals surface area contributed by atoms with E-state index in [1.807, 2.05) is 0 Å². The van der Waals surface area contributed by atoms with Crippen molar-refractivity contribution in [3.63, 3.8) is 0 Å². The Morgan fingerprint density at radius 2 is 0.935 bits per heavy atom. The summed E-state index contributed by atoms with van der Waals surface area (Å²) in [5.41, 5.74) is 12.6. The van der Waals surface area contributed by atoms with Crippen LogP contribution in [0.2, 0.25) is 0 Å². The van der Waals surface area contributed by atoms with Gasteiger partial charge in [0.05, 0.1) is 22.1 Å². The van der Waals surface area contributed by atoms with Crippen LogP contribution in [0.25, 0.3) is 66.1 Å². The molecule has 46 heavy (non-hydrogen) atoms. The zero-order valence-corrected chi connectivity index (χ0v) is 27.6. The summed E-state index contributed by atoms with van der Waals surface area (Å²) in [5.74, 6) is 0. The van der Waals surface area contributed by atoms with E-state index >= 15 is 0 Å². The smallest absolute Gasteiger partial charge is 0.0550 e. The minimum atomic E-state index is -0.00423. The van der Waals surface area contributed by atoms with E-state index in [2.05, 4.69) is 184 Å². The SMILES string of the molecule is CC(C)(C)c1ccc2c(c1)c1ccccc1n2-c1ccc(-c2cc(C(C)(C)C)cc3c2c2ccccc2n3-c2ccccc2)cc1. The summed E-state index contributed by atoms with van der Waals surface area (Å²) in [5, 5.41) is 5.17. The molecule has 226 valence electrons. The fourth-order valence-electron chi connectivity index (χ4n) is 7.12. The lowest BCUT2D eigenvalue weighted by Crippen LogP contribution is -2.11. The summed E-state index contributed by atoms with van der Waals surface area (Å²) in [4.78, 5) is 0. The molecule has 0 bridgehead atoms. The van der Waals surface area contributed by atoms with Crippen molar-refractivity contribution < 1.29 is 0 Å². The molecular weight excluding hydrogens is 556 g/mol. The maximum absolute atomic E-state index is 2.43. The molecule has 0 saturated carbocycles. The number of benzene rings is 6. The van der Waals surface area contributed by atoms with Gasteiger partial charge in [-0.15, -0.1) is 0 Å². The first kappa shape index (κ1) is 28.4. The minimum absolute atomic E-state index is 0.00423. The van der Waals surface area contributed by atoms with Crippen molar-refractivity contribution in [3.05, 3.63) is 145 Å². The van der Waals surface area contributed by atoms with Crippen molar-refractivity contribution in [1.29, 1.82) is 0 Å². The molecule has 0 aliphatic heterocycles. The molecular formula is C44H40N2. The number of rotatable bonds is 3. The molecule has 0 aliphatic rings. The molecule has 2 heterocycles. The number of fused-ring (bicyclic) bond motifs is 6. The van der Waals surface area contributed by atoms with E-state index in [9.17, 15) is 0 Å². The van der Waals surface area contributed by atoms with Gasteiger partial charge in [0.25, 0.3) is 0 Å². The standard InChI is InChI=1S/C44H40N2/c1-43(2,3)30-22-25-40-37(26-30)34-16-10-12-18-38(34)45(40)33-23-20-29(21-24-33)36-27-31(44(4,5)6)28-41-42(36)35-17-11-13-19-39(35)46(41)32-14-8-7-9-15-32/h7-28H,1-6H3. The van der Waals surface area contributed by atoms with Gasteiger partial charge in [-0.2, -0.15) is 0 Å². The summed E-state index contributed by atoms with van der Waals surface area (Å²) in [7, 11) is 0. The fraction of sp³-hybridized carbons (Fsp3) is 0.182. The molecule has 0 saturated heterocycles. The third-order valence-electron chi connectivity index (χ3n) is 9.63. The van der Waals surface area contributed by atoms with Crippen LogP contribution in [0, 0.1) is 0 Å². The minimum Gasteiger partial charge on any atom is -0.309 e. The summed E-state index contributed by atoms with van der Waals surface area (Å²) in [6.07, 6.45) is 0. The normalized spacial score (nSPS) is 12.6. The second-order valence-corrected chi connectivity index (χ2v) is 14.7. The molecule has 2 nitrogen and oxygen atoms in total. The Labute approximate surface area is 271 Å². The van der Waals surface area contributed by atoms with E-state index in [0.29, 0.717) is 0 Å². The van der Waals surface area contributed by atoms with Gasteiger partial charge in [-0.3, -0.25) is 0 Å². The lowest BCUT2D eigenvalue weighted by Gasteiger charge is -2.22. The third kappa shape index (κ3) is 4.47. The summed E-state index contributed by atoms with van der Waals surface area (Å²) >= 11 is 0. The average Bonchev–Trinajstić information content (AvgIpc) is 3.57. The van der Waals surface area contributed by atoms with E-state index in [1.165, 1.54) is 77.2 Å². The number of aromatic nitrogens is 2. The molecule has 2 heteroatoms. The van der Waals surface area contributed by atoms with Crippen LogP contribution in [0.4, 0.5) is 0 Å². The van der Waals surface area contributed by atoms with Crippen LogP contribution in [0.15, 0.2) is 133 Å². The molecule has 0 amide bonds. The van der Waals surface area contributed by atoms with Crippen LogP contribution in [0.1, 0.15) is 52.7 Å². The van der Waals surface area contributed by atoms with Crippen LogP contribution >= 0.6 is 0 Å². The largest absolute Gasteiger partial charge is 0.309 e. The predicted octanol–water partition coefficient (Wildman–Crippen LogP) is 12.1. The molecule has 0 unspecified atom stereocenters. The van der Waals surface area contributed by atoms with Gasteiger partial charge in [-0.1, -0.05) is 114 Å². The van der Waals surface area contributed by atoms with Gasteiger partial charge in [0.1, 0.15) is 0 Å². The van der Waals surface area contributed by atoms with Crippen molar-refractivity contribution >= 4 is 43.6 Å². The van der Waals surface area contributed by atoms with Gasteiger partial charge >= 0.3 is 0 Å². The zero-order valence-electron chi connectivity index (χ0n) is 27.6. The third-order valence-corrected chi connectivity index (χ3v) is 9.63. The first-order valence-corrected chi connectivity index (χ1v) is 16.4. The van der Waals surface area contributed by atoms with Crippen molar-refractivity contribution in [2.24, 2.45) is 0 Å². The maximum Gasteiger partial charge on any atom is 0.0550 e. The number of nitrogens with zero attached hydrogens (tertiary/aromatic N) is 2. The lowest BCUT2D eigenvalue weighted by atomic mass is 9.84. The Morgan fingerprint density at radius 1 is 0.391 bits per heavy atom. The van der Waals surface area contributed by atoms with E-state index in [4.69, 9.17) is 0 Å². The van der Waals surface area contributed by atoms with E-state index in [0.717, 1.165) is 0 Å². The summed E-state index contributed by atoms with van der Waals surface area (Å²) in [6.45, 7) is 13.8. The van der Waals surface area contributed by atoms with Crippen molar-refractivity contribution in [2.45, 2.75) is 52.4 Å². The molecule has 0 atom stereocenters. The summed E-state index contributed by atoms with van der Waals surface area (Å²) < 4.78 is 4.85. The molecule has 0 N–H and O–H groups in total. The zero-order chi connectivity index (χ0) is 31.8. The van der Waals surface area contributed by atoms with Crippen LogP contribution in [0.5, 0.6) is 0 Å². The van der Waals surface area contributed by atoms with Gasteiger partial charge in [0.2, 0.25) is 0 Å². The Bertz CT molecular complexity index is 2400. The second kappa shape index (κ2) is 10.2. The highest BCUT2D eigenvalue weighted by atomic mass is 15.0. The van der Waals surface area contributed by atoms with E-state index in [1.54, 1.807) is 0 Å². The van der Waals surface area contributed by atoms with E-state index in [-0.39, 0.29) is 10.8 Å². The Balaban J connectivity index is 1.36. The molecule has 0 aliphatic carbocycles. The Kier molecular flexibility index (Phi) is 6.31. The average molecular weight is 597 g/mol. The molecule has 8 rings (SSSR count). The van der Waals surface area contributed by atoms with Gasteiger partial charge in [0, 0.05) is 32.9 Å². The van der Waals surface area contributed by atoms with Gasteiger partial charge < -0.3 is 9.13 Å². The molecule has 2 aromatic heterocycles. The maximum atomic E-state index is 2.43. The first-order chi connectivity index (χ1) is 22.1. The van der Waals surface area contributed by atoms with Gasteiger partial charge in [0.15, 0.2) is 0 Å². The summed E-state index contributed by atoms with van der Waals surface area (Å²) in [6, 6.07) is 49.4. The molecule has 6 aromatic carbocycles. The monoisotopic (exact) mass is 596 g/mol. The molecule has 0 fully saturated rings. The highest BCUT2D eigenvalue weighted by Gasteiger charge is 2.23.